The number of hydrogen-bond donors (Lipinski definition) is 1. The lowest BCUT2D eigenvalue weighted by molar-refractivity contribution is 1.46. The van der Waals surface area contributed by atoms with Gasteiger partial charge in [-0.2, -0.15) is 0 Å². The van der Waals surface area contributed by atoms with Gasteiger partial charge in [0.05, 0.1) is 0 Å². The molecule has 68 valence electrons. The summed E-state index contributed by atoms with van der Waals surface area (Å²) in [7, 11) is 0. The van der Waals surface area contributed by atoms with Crippen LogP contribution in [-0.4, -0.2) is 0 Å². The first-order chi connectivity index (χ1) is 6.18. The van der Waals surface area contributed by atoms with E-state index in [1.165, 1.54) is 5.56 Å². The van der Waals surface area contributed by atoms with Crippen molar-refractivity contribution in [2.24, 2.45) is 0 Å². The molecule has 0 unspecified atom stereocenters. The number of anilines is 1. The predicted octanol–water partition coefficient (Wildman–Crippen LogP) is 3.01. The molecule has 0 saturated carbocycles. The molecule has 0 fully saturated rings. The van der Waals surface area contributed by atoms with Gasteiger partial charge in [-0.25, -0.2) is 0 Å². The van der Waals surface area contributed by atoms with E-state index in [-0.39, 0.29) is 0 Å². The van der Waals surface area contributed by atoms with Gasteiger partial charge in [-0.15, -0.1) is 0 Å². The van der Waals surface area contributed by atoms with Crippen molar-refractivity contribution in [1.82, 2.24) is 0 Å². The monoisotopic (exact) mass is 173 g/mol. The maximum absolute atomic E-state index is 5.76. The van der Waals surface area contributed by atoms with Gasteiger partial charge in [-0.1, -0.05) is 35.9 Å². The minimum Gasteiger partial charge on any atom is -0.399 e. The molecule has 0 heterocycles. The first kappa shape index (κ1) is 9.59. The third kappa shape index (κ3) is 3.61. The number of hydrogen-bond acceptors (Lipinski definition) is 1. The summed E-state index contributed by atoms with van der Waals surface area (Å²) in [6, 6.07) is 14.0. The van der Waals surface area contributed by atoms with E-state index in [1.807, 2.05) is 50.2 Å². The Morgan fingerprint density at radius 1 is 0.846 bits per heavy atom. The van der Waals surface area contributed by atoms with Crippen LogP contribution in [0.2, 0.25) is 0 Å². The summed E-state index contributed by atoms with van der Waals surface area (Å²) in [6.07, 6.45) is 0. The molecule has 0 aliphatic carbocycles. The van der Waals surface area contributed by atoms with Gasteiger partial charge < -0.3 is 5.73 Å². The summed E-state index contributed by atoms with van der Waals surface area (Å²) >= 11 is 0. The third-order valence-electron chi connectivity index (χ3n) is 1.76. The first-order valence-corrected chi connectivity index (χ1v) is 4.35. The van der Waals surface area contributed by atoms with E-state index < -0.39 is 0 Å². The van der Waals surface area contributed by atoms with Crippen molar-refractivity contribution in [2.45, 2.75) is 13.8 Å². The standard InChI is InChI=1S/C12H15N/c1-10-5-3-4-6-11(2)9-12(13)8-7-10/h3-9H,13H2,1-2H3. The third-order valence-corrected chi connectivity index (χ3v) is 1.76. The molecule has 0 atom stereocenters. The molecule has 0 aliphatic rings. The molecule has 1 aromatic rings. The van der Waals surface area contributed by atoms with E-state index in [1.54, 1.807) is 0 Å². The second kappa shape index (κ2) is 4.51. The Morgan fingerprint density at radius 3 is 2.15 bits per heavy atom. The molecule has 1 nitrogen and oxygen atoms in total. The minimum atomic E-state index is 0.789. The fourth-order valence-electron chi connectivity index (χ4n) is 1.06. The molecule has 13 heavy (non-hydrogen) atoms. The predicted molar refractivity (Wildman–Crippen MR) is 58.0 cm³/mol. The Hall–Kier alpha value is -1.50. The Kier molecular flexibility index (Phi) is 3.32. The molecule has 0 bridgehead atoms. The van der Waals surface area contributed by atoms with Gasteiger partial charge in [0.25, 0.3) is 0 Å². The second-order valence-corrected chi connectivity index (χ2v) is 3.18. The van der Waals surface area contributed by atoms with Crippen LogP contribution in [0.3, 0.4) is 0 Å². The van der Waals surface area contributed by atoms with Crippen LogP contribution in [0, 0.1) is 13.8 Å². The van der Waals surface area contributed by atoms with Crippen molar-refractivity contribution >= 4 is 5.69 Å². The number of nitrogen functional groups attached to an aromatic ring is 1. The van der Waals surface area contributed by atoms with Gasteiger partial charge in [0, 0.05) is 5.69 Å². The van der Waals surface area contributed by atoms with E-state index in [9.17, 15) is 0 Å². The zero-order valence-corrected chi connectivity index (χ0v) is 8.12. The Labute approximate surface area is 79.5 Å². The van der Waals surface area contributed by atoms with Crippen molar-refractivity contribution < 1.29 is 0 Å². The molecule has 0 saturated heterocycles. The van der Waals surface area contributed by atoms with E-state index >= 15 is 0 Å². The van der Waals surface area contributed by atoms with Crippen LogP contribution in [0.4, 0.5) is 5.69 Å². The van der Waals surface area contributed by atoms with Gasteiger partial charge >= 0.3 is 0 Å². The molecule has 1 rings (SSSR count). The SMILES string of the molecule is Cc1ccccc(C)cc(N)cc1. The highest BCUT2D eigenvalue weighted by atomic mass is 14.5. The smallest absolute Gasteiger partial charge is 0.0316 e. The first-order valence-electron chi connectivity index (χ1n) is 4.35. The minimum absolute atomic E-state index is 0.789. The van der Waals surface area contributed by atoms with Crippen molar-refractivity contribution in [1.29, 1.82) is 0 Å². The zero-order chi connectivity index (χ0) is 9.68. The molecule has 0 spiro atoms. The van der Waals surface area contributed by atoms with Crippen molar-refractivity contribution in [3.05, 3.63) is 53.6 Å². The molecular formula is C12H15N. The maximum atomic E-state index is 5.76. The number of aryl methyl sites for hydroxylation is 2. The van der Waals surface area contributed by atoms with Crippen molar-refractivity contribution in [2.75, 3.05) is 5.73 Å². The summed E-state index contributed by atoms with van der Waals surface area (Å²) in [5, 5.41) is 0. The second-order valence-electron chi connectivity index (χ2n) is 3.18. The van der Waals surface area contributed by atoms with E-state index in [4.69, 9.17) is 5.73 Å². The topological polar surface area (TPSA) is 26.0 Å². The molecule has 0 aliphatic heterocycles. The molecule has 1 heteroatoms. The summed E-state index contributed by atoms with van der Waals surface area (Å²) in [5.41, 5.74) is 8.90. The summed E-state index contributed by atoms with van der Waals surface area (Å²) < 4.78 is 0. The van der Waals surface area contributed by atoms with Crippen LogP contribution in [0.15, 0.2) is 42.5 Å². The van der Waals surface area contributed by atoms with Crippen molar-refractivity contribution in [3.8, 4) is 0 Å². The lowest BCUT2D eigenvalue weighted by atomic mass is 10.2. The van der Waals surface area contributed by atoms with Gasteiger partial charge in [0.1, 0.15) is 0 Å². The quantitative estimate of drug-likeness (QED) is 0.641. The Balaban J connectivity index is 3.31. The van der Waals surface area contributed by atoms with E-state index in [0.29, 0.717) is 0 Å². The fourth-order valence-corrected chi connectivity index (χ4v) is 1.06. The van der Waals surface area contributed by atoms with Gasteiger partial charge in [0.2, 0.25) is 0 Å². The average Bonchev–Trinajstić information content (AvgIpc) is 2.08. The van der Waals surface area contributed by atoms with Crippen LogP contribution in [-0.2, 0) is 0 Å². The lowest BCUT2D eigenvalue weighted by Crippen LogP contribution is -1.81. The fraction of sp³-hybridized carbons (Fsp3) is 0.167. The Bertz CT molecular complexity index is 341. The van der Waals surface area contributed by atoms with Gasteiger partial charge in [-0.3, -0.25) is 0 Å². The Morgan fingerprint density at radius 2 is 1.46 bits per heavy atom. The molecule has 1 aromatic carbocycles. The van der Waals surface area contributed by atoms with Crippen LogP contribution in [0.1, 0.15) is 11.1 Å². The molecule has 2 N–H and O–H groups in total. The van der Waals surface area contributed by atoms with Crippen molar-refractivity contribution in [3.63, 3.8) is 0 Å². The average molecular weight is 173 g/mol. The molecule has 0 radical (unpaired) electrons. The molecule has 0 amide bonds. The highest BCUT2D eigenvalue weighted by Gasteiger charge is 1.80. The zero-order valence-electron chi connectivity index (χ0n) is 8.12. The maximum Gasteiger partial charge on any atom is 0.0316 e. The van der Waals surface area contributed by atoms with E-state index in [0.717, 1.165) is 11.3 Å². The summed E-state index contributed by atoms with van der Waals surface area (Å²) in [4.78, 5) is 0. The van der Waals surface area contributed by atoms with Gasteiger partial charge in [-0.05, 0) is 31.5 Å². The highest BCUT2D eigenvalue weighted by molar-refractivity contribution is 5.38. The summed E-state index contributed by atoms with van der Waals surface area (Å²) in [5.74, 6) is 0. The largest absolute Gasteiger partial charge is 0.399 e. The number of nitrogens with two attached hydrogens (primary N) is 1. The van der Waals surface area contributed by atoms with E-state index in [2.05, 4.69) is 6.07 Å². The van der Waals surface area contributed by atoms with Gasteiger partial charge in [0.15, 0.2) is 0 Å². The van der Waals surface area contributed by atoms with Crippen LogP contribution in [0.25, 0.3) is 0 Å². The molecule has 0 aromatic heterocycles. The lowest BCUT2D eigenvalue weighted by Gasteiger charge is -1.90. The van der Waals surface area contributed by atoms with Crippen LogP contribution < -0.4 is 5.73 Å². The van der Waals surface area contributed by atoms with Crippen LogP contribution in [0.5, 0.6) is 0 Å². The highest BCUT2D eigenvalue weighted by Crippen LogP contribution is 2.02. The summed E-state index contributed by atoms with van der Waals surface area (Å²) in [6.45, 7) is 4.08. The molecular weight excluding hydrogens is 158 g/mol. The number of rotatable bonds is 0. The van der Waals surface area contributed by atoms with Crippen LogP contribution >= 0.6 is 0 Å². The normalized spacial score (nSPS) is 9.08.